The summed E-state index contributed by atoms with van der Waals surface area (Å²) in [5.41, 5.74) is 1.84. The van der Waals surface area contributed by atoms with Crippen LogP contribution < -0.4 is 0 Å². The minimum atomic E-state index is -0.138. The van der Waals surface area contributed by atoms with E-state index in [9.17, 15) is 4.79 Å². The van der Waals surface area contributed by atoms with E-state index in [1.54, 1.807) is 12.4 Å². The van der Waals surface area contributed by atoms with Gasteiger partial charge in [0.15, 0.2) is 0 Å². The molecule has 2 fully saturated rings. The lowest BCUT2D eigenvalue weighted by atomic mass is 9.78. The smallest absolute Gasteiger partial charge is 0.227 e. The van der Waals surface area contributed by atoms with Crippen molar-refractivity contribution in [1.82, 2.24) is 20.0 Å². The van der Waals surface area contributed by atoms with E-state index in [-0.39, 0.29) is 11.5 Å². The Morgan fingerprint density at radius 3 is 2.66 bits per heavy atom. The van der Waals surface area contributed by atoms with Crippen LogP contribution >= 0.6 is 0 Å². The predicted octanol–water partition coefficient (Wildman–Crippen LogP) is 3.70. The molecule has 1 atom stereocenters. The zero-order valence-corrected chi connectivity index (χ0v) is 18.2. The van der Waals surface area contributed by atoms with Gasteiger partial charge in [0.25, 0.3) is 0 Å². The maximum absolute atomic E-state index is 12.7. The molecule has 166 valence electrons. The number of rotatable bonds is 5. The molecule has 0 N–H and O–H groups in total. The molecular formula is C25H28N4O3. The molecule has 32 heavy (non-hydrogen) atoms. The van der Waals surface area contributed by atoms with Crippen LogP contribution in [0.15, 0.2) is 59.4 Å². The normalized spacial score (nSPS) is 20.4. The first kappa shape index (κ1) is 20.8. The molecule has 0 bridgehead atoms. The van der Waals surface area contributed by atoms with Crippen molar-refractivity contribution in [3.63, 3.8) is 0 Å². The number of nitrogens with zero attached hydrogens (tertiary/aromatic N) is 4. The second kappa shape index (κ2) is 9.20. The average Bonchev–Trinajstić information content (AvgIpc) is 3.29. The molecule has 0 radical (unpaired) electrons. The third kappa shape index (κ3) is 4.72. The van der Waals surface area contributed by atoms with Gasteiger partial charge in [0.05, 0.1) is 12.0 Å². The first-order valence-electron chi connectivity index (χ1n) is 11.4. The summed E-state index contributed by atoms with van der Waals surface area (Å²) in [6.45, 7) is 2.25. The Bertz CT molecular complexity index is 1030. The molecule has 1 aromatic carbocycles. The average molecular weight is 433 g/mol. The molecule has 1 spiro atoms. The summed E-state index contributed by atoms with van der Waals surface area (Å²) < 4.78 is 11.8. The molecule has 2 saturated heterocycles. The lowest BCUT2D eigenvalue weighted by molar-refractivity contribution is -0.146. The number of pyridine rings is 1. The Kier molecular flexibility index (Phi) is 5.99. The number of aromatic nitrogens is 3. The third-order valence-electron chi connectivity index (χ3n) is 6.69. The molecule has 5 rings (SSSR count). The van der Waals surface area contributed by atoms with Crippen LogP contribution in [0, 0.1) is 5.92 Å². The third-order valence-corrected chi connectivity index (χ3v) is 6.69. The summed E-state index contributed by atoms with van der Waals surface area (Å²) in [7, 11) is 0. The summed E-state index contributed by atoms with van der Waals surface area (Å²) in [6.07, 6.45) is 8.42. The summed E-state index contributed by atoms with van der Waals surface area (Å²) in [5, 5.41) is 4.13. The lowest BCUT2D eigenvalue weighted by Gasteiger charge is -2.46. The topological polar surface area (TPSA) is 81.4 Å². The van der Waals surface area contributed by atoms with Crippen molar-refractivity contribution in [2.24, 2.45) is 5.92 Å². The number of amides is 1. The van der Waals surface area contributed by atoms with E-state index in [2.05, 4.69) is 15.1 Å². The number of carbonyl (C=O) groups is 1. The van der Waals surface area contributed by atoms with Crippen molar-refractivity contribution in [1.29, 1.82) is 0 Å². The Balaban J connectivity index is 1.16. The highest BCUT2D eigenvalue weighted by Crippen LogP contribution is 2.39. The van der Waals surface area contributed by atoms with E-state index >= 15 is 0 Å². The Morgan fingerprint density at radius 2 is 1.88 bits per heavy atom. The second-order valence-electron chi connectivity index (χ2n) is 8.89. The highest BCUT2D eigenvalue weighted by Gasteiger charge is 2.41. The van der Waals surface area contributed by atoms with Gasteiger partial charge in [0, 0.05) is 44.1 Å². The van der Waals surface area contributed by atoms with Crippen LogP contribution in [0.25, 0.3) is 11.4 Å². The van der Waals surface area contributed by atoms with Crippen LogP contribution in [0.3, 0.4) is 0 Å². The molecule has 1 amide bonds. The maximum atomic E-state index is 12.7. The fourth-order valence-corrected chi connectivity index (χ4v) is 4.90. The van der Waals surface area contributed by atoms with Crippen LogP contribution in [0.2, 0.25) is 0 Å². The Labute approximate surface area is 187 Å². The van der Waals surface area contributed by atoms with Crippen LogP contribution in [-0.4, -0.2) is 51.2 Å². The van der Waals surface area contributed by atoms with E-state index < -0.39 is 0 Å². The van der Waals surface area contributed by atoms with E-state index in [1.165, 1.54) is 0 Å². The van der Waals surface area contributed by atoms with Crippen molar-refractivity contribution in [2.75, 3.05) is 19.7 Å². The number of hydrogen-bond donors (Lipinski definition) is 0. The molecule has 0 aliphatic carbocycles. The van der Waals surface area contributed by atoms with Gasteiger partial charge in [0.2, 0.25) is 17.6 Å². The van der Waals surface area contributed by atoms with E-state index in [4.69, 9.17) is 9.26 Å². The SMILES string of the molecule is O=C(Cc1ccccc1)N1CCC2(CC1)CC(Cc1nc(-c3ccncc3)no1)CCO2. The van der Waals surface area contributed by atoms with Gasteiger partial charge in [-0.25, -0.2) is 0 Å². The number of ether oxygens (including phenoxy) is 1. The highest BCUT2D eigenvalue weighted by atomic mass is 16.5. The van der Waals surface area contributed by atoms with Crippen molar-refractivity contribution >= 4 is 5.91 Å². The van der Waals surface area contributed by atoms with Gasteiger partial charge in [-0.3, -0.25) is 9.78 Å². The van der Waals surface area contributed by atoms with E-state index in [1.807, 2.05) is 47.4 Å². The standard InChI is InChI=1S/C25H28N4O3/c30-23(17-19-4-2-1-3-5-19)29-13-9-25(10-14-29)18-20(8-15-31-25)16-22-27-24(28-32-22)21-6-11-26-12-7-21/h1-7,11-12,20H,8-10,13-18H2. The Hall–Kier alpha value is -3.06. The number of benzene rings is 1. The van der Waals surface area contributed by atoms with Crippen molar-refractivity contribution < 1.29 is 14.1 Å². The second-order valence-corrected chi connectivity index (χ2v) is 8.89. The van der Waals surface area contributed by atoms with Gasteiger partial charge >= 0.3 is 0 Å². The number of piperidine rings is 1. The van der Waals surface area contributed by atoms with Gasteiger partial charge in [-0.15, -0.1) is 0 Å². The Morgan fingerprint density at radius 1 is 1.09 bits per heavy atom. The lowest BCUT2D eigenvalue weighted by Crippen LogP contribution is -2.51. The summed E-state index contributed by atoms with van der Waals surface area (Å²) in [4.78, 5) is 23.3. The number of carbonyl (C=O) groups excluding carboxylic acids is 1. The maximum Gasteiger partial charge on any atom is 0.227 e. The molecule has 4 heterocycles. The molecule has 2 aliphatic heterocycles. The van der Waals surface area contributed by atoms with Gasteiger partial charge in [-0.1, -0.05) is 35.5 Å². The molecule has 7 nitrogen and oxygen atoms in total. The molecular weight excluding hydrogens is 404 g/mol. The highest BCUT2D eigenvalue weighted by molar-refractivity contribution is 5.78. The first-order valence-corrected chi connectivity index (χ1v) is 11.4. The quantitative estimate of drug-likeness (QED) is 0.611. The number of likely N-dealkylation sites (tertiary alicyclic amines) is 1. The molecule has 1 unspecified atom stereocenters. The van der Waals surface area contributed by atoms with Crippen LogP contribution in [0.1, 0.15) is 37.1 Å². The fourth-order valence-electron chi connectivity index (χ4n) is 4.90. The van der Waals surface area contributed by atoms with Crippen LogP contribution in [0.5, 0.6) is 0 Å². The fraction of sp³-hybridized carbons (Fsp3) is 0.440. The largest absolute Gasteiger partial charge is 0.375 e. The molecule has 2 aromatic heterocycles. The zero-order chi connectivity index (χ0) is 21.8. The van der Waals surface area contributed by atoms with Gasteiger partial charge in [-0.05, 0) is 49.3 Å². The van der Waals surface area contributed by atoms with E-state index in [0.717, 1.165) is 62.9 Å². The van der Waals surface area contributed by atoms with Gasteiger partial charge in [-0.2, -0.15) is 4.98 Å². The first-order chi connectivity index (χ1) is 15.7. The summed E-state index contributed by atoms with van der Waals surface area (Å²) in [6, 6.07) is 13.7. The molecule has 0 saturated carbocycles. The summed E-state index contributed by atoms with van der Waals surface area (Å²) in [5.74, 6) is 1.93. The molecule has 2 aliphatic rings. The van der Waals surface area contributed by atoms with Gasteiger partial charge < -0.3 is 14.2 Å². The molecule has 7 heteroatoms. The zero-order valence-electron chi connectivity index (χ0n) is 18.2. The minimum absolute atomic E-state index is 0.138. The molecule has 3 aromatic rings. The number of hydrogen-bond acceptors (Lipinski definition) is 6. The monoisotopic (exact) mass is 432 g/mol. The van der Waals surface area contributed by atoms with Crippen molar-refractivity contribution in [3.8, 4) is 11.4 Å². The van der Waals surface area contributed by atoms with E-state index in [0.29, 0.717) is 24.1 Å². The predicted molar refractivity (Wildman–Crippen MR) is 119 cm³/mol. The van der Waals surface area contributed by atoms with Crippen LogP contribution in [-0.2, 0) is 22.4 Å². The summed E-state index contributed by atoms with van der Waals surface area (Å²) >= 11 is 0. The van der Waals surface area contributed by atoms with Crippen molar-refractivity contribution in [3.05, 3.63) is 66.3 Å². The van der Waals surface area contributed by atoms with Crippen LogP contribution in [0.4, 0.5) is 0 Å². The van der Waals surface area contributed by atoms with Gasteiger partial charge in [0.1, 0.15) is 0 Å². The minimum Gasteiger partial charge on any atom is -0.375 e. The van der Waals surface area contributed by atoms with Crippen molar-refractivity contribution in [2.45, 2.75) is 44.1 Å².